The molecule has 6 nitrogen and oxygen atoms in total. The van der Waals surface area contributed by atoms with Gasteiger partial charge >= 0.3 is 13.8 Å². The summed E-state index contributed by atoms with van der Waals surface area (Å²) in [5, 5.41) is 8.78. The Morgan fingerprint density at radius 3 is 2.21 bits per heavy atom. The summed E-state index contributed by atoms with van der Waals surface area (Å²) in [5.41, 5.74) is 0.614. The van der Waals surface area contributed by atoms with Gasteiger partial charge < -0.3 is 14.9 Å². The fraction of sp³-hybridized carbons (Fsp3) is 0.417. The van der Waals surface area contributed by atoms with Crippen molar-refractivity contribution in [3.63, 3.8) is 0 Å². The lowest BCUT2D eigenvalue weighted by molar-refractivity contribution is 0.0696. The molecule has 0 unspecified atom stereocenters. The monoisotopic (exact) mass is 288 g/mol. The van der Waals surface area contributed by atoms with Crippen LogP contribution in [0.15, 0.2) is 24.3 Å². The Hall–Kier alpha value is -1.20. The van der Waals surface area contributed by atoms with E-state index in [1.165, 1.54) is 12.1 Å². The van der Waals surface area contributed by atoms with Crippen molar-refractivity contribution < 1.29 is 28.8 Å². The van der Waals surface area contributed by atoms with Crippen LogP contribution in [0.4, 0.5) is 0 Å². The standard InChI is InChI=1S/C12H17O6P/c1-12(2,8-18-19(15,16)17)7-9-3-5-10(6-4-9)11(13)14/h3-6H,7-8H2,1-2H3,(H,13,14)(H2,15,16,17). The van der Waals surface area contributed by atoms with Crippen LogP contribution in [0, 0.1) is 5.41 Å². The van der Waals surface area contributed by atoms with Crippen LogP contribution in [0.5, 0.6) is 0 Å². The molecule has 1 aromatic rings. The Balaban J connectivity index is 2.67. The summed E-state index contributed by atoms with van der Waals surface area (Å²) in [5.74, 6) is -0.990. The van der Waals surface area contributed by atoms with Crippen LogP contribution in [-0.4, -0.2) is 27.5 Å². The number of aromatic carboxylic acids is 1. The molecule has 106 valence electrons. The van der Waals surface area contributed by atoms with Gasteiger partial charge in [0.2, 0.25) is 0 Å². The lowest BCUT2D eigenvalue weighted by Crippen LogP contribution is -2.21. The van der Waals surface area contributed by atoms with Crippen molar-refractivity contribution >= 4 is 13.8 Å². The van der Waals surface area contributed by atoms with Gasteiger partial charge in [0.25, 0.3) is 0 Å². The summed E-state index contributed by atoms with van der Waals surface area (Å²) >= 11 is 0. The molecule has 1 rings (SSSR count). The fourth-order valence-corrected chi connectivity index (χ4v) is 2.15. The molecule has 0 aliphatic rings. The maximum atomic E-state index is 10.7. The van der Waals surface area contributed by atoms with Gasteiger partial charge in [-0.1, -0.05) is 26.0 Å². The Morgan fingerprint density at radius 2 is 1.79 bits per heavy atom. The van der Waals surface area contributed by atoms with Crippen LogP contribution >= 0.6 is 7.82 Å². The number of carbonyl (C=O) groups is 1. The number of hydrogen-bond donors (Lipinski definition) is 3. The van der Waals surface area contributed by atoms with E-state index in [0.717, 1.165) is 5.56 Å². The number of phosphoric ester groups is 1. The molecule has 0 saturated carbocycles. The second-order valence-corrected chi connectivity index (χ2v) is 6.35. The molecular weight excluding hydrogens is 271 g/mol. The minimum Gasteiger partial charge on any atom is -0.478 e. The first-order chi connectivity index (χ1) is 8.59. The van der Waals surface area contributed by atoms with E-state index in [2.05, 4.69) is 4.52 Å². The summed E-state index contributed by atoms with van der Waals surface area (Å²) in [6.07, 6.45) is 0.521. The van der Waals surface area contributed by atoms with E-state index in [1.807, 2.05) is 13.8 Å². The smallest absolute Gasteiger partial charge is 0.469 e. The van der Waals surface area contributed by atoms with Gasteiger partial charge in [-0.05, 0) is 29.5 Å². The molecule has 7 heteroatoms. The van der Waals surface area contributed by atoms with Crippen molar-refractivity contribution in [3.8, 4) is 0 Å². The average molecular weight is 288 g/mol. The highest BCUT2D eigenvalue weighted by Crippen LogP contribution is 2.38. The second kappa shape index (κ2) is 5.84. The highest BCUT2D eigenvalue weighted by molar-refractivity contribution is 7.46. The first-order valence-corrected chi connectivity index (χ1v) is 7.14. The number of benzene rings is 1. The molecule has 19 heavy (non-hydrogen) atoms. The molecule has 0 saturated heterocycles. The zero-order chi connectivity index (χ0) is 14.7. The SMILES string of the molecule is CC(C)(COP(=O)(O)O)Cc1ccc(C(=O)O)cc1. The molecule has 0 radical (unpaired) electrons. The minimum absolute atomic E-state index is 0.0854. The number of carboxylic acid groups (broad SMARTS) is 1. The van der Waals surface area contributed by atoms with Crippen molar-refractivity contribution in [3.05, 3.63) is 35.4 Å². The minimum atomic E-state index is -4.47. The first-order valence-electron chi connectivity index (χ1n) is 5.61. The van der Waals surface area contributed by atoms with Crippen LogP contribution in [0.3, 0.4) is 0 Å². The van der Waals surface area contributed by atoms with Crippen molar-refractivity contribution in [2.45, 2.75) is 20.3 Å². The van der Waals surface area contributed by atoms with E-state index < -0.39 is 19.2 Å². The summed E-state index contributed by atoms with van der Waals surface area (Å²) in [7, 11) is -4.47. The first kappa shape index (κ1) is 15.9. The molecule has 0 heterocycles. The Bertz CT molecular complexity index is 487. The molecular formula is C12H17O6P. The van der Waals surface area contributed by atoms with E-state index in [1.54, 1.807) is 12.1 Å². The van der Waals surface area contributed by atoms with Gasteiger partial charge in [0.15, 0.2) is 0 Å². The van der Waals surface area contributed by atoms with E-state index in [0.29, 0.717) is 6.42 Å². The summed E-state index contributed by atoms with van der Waals surface area (Å²) in [6.45, 7) is 3.54. The van der Waals surface area contributed by atoms with Gasteiger partial charge in [-0.15, -0.1) is 0 Å². The Labute approximate surface area is 111 Å². The van der Waals surface area contributed by atoms with Crippen LogP contribution in [0.2, 0.25) is 0 Å². The quantitative estimate of drug-likeness (QED) is 0.692. The number of phosphoric acid groups is 1. The molecule has 3 N–H and O–H groups in total. The zero-order valence-electron chi connectivity index (χ0n) is 10.7. The van der Waals surface area contributed by atoms with Crippen molar-refractivity contribution in [1.29, 1.82) is 0 Å². The average Bonchev–Trinajstić information content (AvgIpc) is 2.26. The van der Waals surface area contributed by atoms with Crippen LogP contribution in [0.1, 0.15) is 29.8 Å². The third-order valence-corrected chi connectivity index (χ3v) is 2.97. The molecule has 0 aromatic heterocycles. The molecule has 1 aromatic carbocycles. The Kier molecular flexibility index (Phi) is 4.87. The maximum absolute atomic E-state index is 10.7. The largest absolute Gasteiger partial charge is 0.478 e. The molecule has 0 amide bonds. The maximum Gasteiger partial charge on any atom is 0.469 e. The molecule has 0 fully saturated rings. The second-order valence-electron chi connectivity index (χ2n) is 5.11. The van der Waals surface area contributed by atoms with E-state index in [-0.39, 0.29) is 12.2 Å². The highest BCUT2D eigenvalue weighted by atomic mass is 31.2. The molecule has 0 spiro atoms. The summed E-state index contributed by atoms with van der Waals surface area (Å²) in [6, 6.07) is 6.36. The third-order valence-electron chi connectivity index (χ3n) is 2.51. The van der Waals surface area contributed by atoms with Crippen molar-refractivity contribution in [1.82, 2.24) is 0 Å². The van der Waals surface area contributed by atoms with Crippen molar-refractivity contribution in [2.75, 3.05) is 6.61 Å². The van der Waals surface area contributed by atoms with Crippen LogP contribution in [0.25, 0.3) is 0 Å². The predicted octanol–water partition coefficient (Wildman–Crippen LogP) is 2.06. The lowest BCUT2D eigenvalue weighted by Gasteiger charge is -2.24. The van der Waals surface area contributed by atoms with Crippen molar-refractivity contribution in [2.24, 2.45) is 5.41 Å². The molecule has 0 atom stereocenters. The third kappa shape index (κ3) is 5.98. The number of rotatable bonds is 6. The molecule has 0 aliphatic heterocycles. The van der Waals surface area contributed by atoms with Gasteiger partial charge in [0.05, 0.1) is 12.2 Å². The highest BCUT2D eigenvalue weighted by Gasteiger charge is 2.24. The fourth-order valence-electron chi connectivity index (χ4n) is 1.63. The lowest BCUT2D eigenvalue weighted by atomic mass is 9.86. The number of carboxylic acids is 1. The number of hydrogen-bond acceptors (Lipinski definition) is 3. The molecule has 0 aliphatic carbocycles. The van der Waals surface area contributed by atoms with Gasteiger partial charge in [-0.25, -0.2) is 9.36 Å². The normalized spacial score (nSPS) is 12.4. The zero-order valence-corrected chi connectivity index (χ0v) is 11.6. The van der Waals surface area contributed by atoms with Crippen LogP contribution in [-0.2, 0) is 15.5 Å². The summed E-state index contributed by atoms with van der Waals surface area (Å²) in [4.78, 5) is 28.0. The topological polar surface area (TPSA) is 104 Å². The summed E-state index contributed by atoms with van der Waals surface area (Å²) < 4.78 is 15.2. The van der Waals surface area contributed by atoms with Gasteiger partial charge in [-0.3, -0.25) is 4.52 Å². The van der Waals surface area contributed by atoms with Gasteiger partial charge in [0.1, 0.15) is 0 Å². The van der Waals surface area contributed by atoms with E-state index in [9.17, 15) is 9.36 Å². The van der Waals surface area contributed by atoms with Gasteiger partial charge in [-0.2, -0.15) is 0 Å². The van der Waals surface area contributed by atoms with E-state index in [4.69, 9.17) is 14.9 Å². The van der Waals surface area contributed by atoms with Crippen LogP contribution < -0.4 is 0 Å². The van der Waals surface area contributed by atoms with E-state index >= 15 is 0 Å². The Morgan fingerprint density at radius 1 is 1.26 bits per heavy atom. The van der Waals surface area contributed by atoms with Gasteiger partial charge in [0, 0.05) is 0 Å². The predicted molar refractivity (Wildman–Crippen MR) is 68.9 cm³/mol. The molecule has 0 bridgehead atoms.